The smallest absolute Gasteiger partial charge is 0.303 e. The van der Waals surface area contributed by atoms with E-state index in [1.54, 1.807) is 24.4 Å². The summed E-state index contributed by atoms with van der Waals surface area (Å²) < 4.78 is 0. The molecule has 0 aliphatic carbocycles. The molecule has 1 aromatic carbocycles. The molecule has 0 unspecified atom stereocenters. The van der Waals surface area contributed by atoms with Gasteiger partial charge in [-0.25, -0.2) is 4.98 Å². The molecule has 112 valence electrons. The fourth-order valence-corrected chi connectivity index (χ4v) is 2.76. The highest BCUT2D eigenvalue weighted by Crippen LogP contribution is 2.32. The van der Waals surface area contributed by atoms with Gasteiger partial charge in [0.25, 0.3) is 0 Å². The molecule has 0 radical (unpaired) electrons. The number of aryl methyl sites for hydroxylation is 1. The zero-order chi connectivity index (χ0) is 15.7. The summed E-state index contributed by atoms with van der Waals surface area (Å²) in [4.78, 5) is 18.3. The van der Waals surface area contributed by atoms with Gasteiger partial charge >= 0.3 is 5.97 Å². The van der Waals surface area contributed by atoms with Crippen LogP contribution in [0.4, 0.5) is 0 Å². The topological polar surface area (TPSA) is 66.0 Å². The summed E-state index contributed by atoms with van der Waals surface area (Å²) in [7, 11) is 0. The van der Waals surface area contributed by atoms with E-state index in [4.69, 9.17) is 28.3 Å². The summed E-state index contributed by atoms with van der Waals surface area (Å²) in [5, 5.41) is 10.9. The van der Waals surface area contributed by atoms with Crippen LogP contribution in [-0.4, -0.2) is 21.0 Å². The van der Waals surface area contributed by atoms with Crippen LogP contribution in [0.1, 0.15) is 12.0 Å². The van der Waals surface area contributed by atoms with Crippen molar-refractivity contribution in [2.24, 2.45) is 0 Å². The molecular weight excluding hydrogens is 323 g/mol. The number of H-pyrrole nitrogens is 1. The third kappa shape index (κ3) is 2.93. The van der Waals surface area contributed by atoms with Crippen molar-refractivity contribution in [3.63, 3.8) is 0 Å². The molecule has 22 heavy (non-hydrogen) atoms. The van der Waals surface area contributed by atoms with E-state index in [0.717, 1.165) is 27.7 Å². The van der Waals surface area contributed by atoms with Gasteiger partial charge < -0.3 is 10.1 Å². The molecular formula is C16H12Cl2N2O2. The number of fused-ring (bicyclic) bond motifs is 1. The molecule has 0 aliphatic heterocycles. The van der Waals surface area contributed by atoms with Crippen LogP contribution in [-0.2, 0) is 11.2 Å². The second-order valence-corrected chi connectivity index (χ2v) is 5.76. The Kier molecular flexibility index (Phi) is 4.05. The van der Waals surface area contributed by atoms with E-state index in [1.807, 2.05) is 12.1 Å². The highest BCUT2D eigenvalue weighted by Gasteiger charge is 2.15. The summed E-state index contributed by atoms with van der Waals surface area (Å²) in [5.41, 5.74) is 3.56. The Morgan fingerprint density at radius 3 is 2.64 bits per heavy atom. The quantitative estimate of drug-likeness (QED) is 0.687. The highest BCUT2D eigenvalue weighted by atomic mass is 35.5. The lowest BCUT2D eigenvalue weighted by Gasteiger charge is -2.04. The van der Waals surface area contributed by atoms with E-state index in [0.29, 0.717) is 16.6 Å². The van der Waals surface area contributed by atoms with Crippen molar-refractivity contribution in [1.29, 1.82) is 0 Å². The van der Waals surface area contributed by atoms with E-state index in [-0.39, 0.29) is 6.42 Å². The minimum Gasteiger partial charge on any atom is -0.481 e. The number of aromatic nitrogens is 2. The van der Waals surface area contributed by atoms with E-state index >= 15 is 0 Å². The van der Waals surface area contributed by atoms with Crippen LogP contribution < -0.4 is 0 Å². The van der Waals surface area contributed by atoms with Gasteiger partial charge in [-0.15, -0.1) is 0 Å². The molecule has 0 amide bonds. The molecule has 3 aromatic rings. The number of carboxylic acids is 1. The largest absolute Gasteiger partial charge is 0.481 e. The normalized spacial score (nSPS) is 11.0. The summed E-state index contributed by atoms with van der Waals surface area (Å²) in [5.74, 6) is -0.837. The molecule has 0 fully saturated rings. The Hall–Kier alpha value is -2.04. The maximum absolute atomic E-state index is 10.9. The van der Waals surface area contributed by atoms with Gasteiger partial charge in [0, 0.05) is 22.5 Å². The molecule has 0 aliphatic rings. The summed E-state index contributed by atoms with van der Waals surface area (Å²) in [6.07, 6.45) is 2.11. The third-order valence-corrected chi connectivity index (χ3v) is 3.94. The van der Waals surface area contributed by atoms with E-state index in [2.05, 4.69) is 9.97 Å². The second kappa shape index (κ2) is 5.99. The number of rotatable bonds is 4. The lowest BCUT2D eigenvalue weighted by molar-refractivity contribution is -0.136. The van der Waals surface area contributed by atoms with Gasteiger partial charge in [-0.05, 0) is 35.7 Å². The Bertz CT molecular complexity index is 841. The zero-order valence-corrected chi connectivity index (χ0v) is 12.9. The van der Waals surface area contributed by atoms with Gasteiger partial charge in [0.15, 0.2) is 0 Å². The Morgan fingerprint density at radius 1 is 1.23 bits per heavy atom. The average Bonchev–Trinajstić information content (AvgIpc) is 2.83. The molecule has 0 bridgehead atoms. The van der Waals surface area contributed by atoms with Crippen LogP contribution in [0.15, 0.2) is 36.5 Å². The minimum atomic E-state index is -0.837. The van der Waals surface area contributed by atoms with E-state index < -0.39 is 5.97 Å². The van der Waals surface area contributed by atoms with Crippen molar-refractivity contribution in [3.8, 4) is 11.3 Å². The zero-order valence-electron chi connectivity index (χ0n) is 11.4. The first-order valence-corrected chi connectivity index (χ1v) is 7.44. The number of carbonyl (C=O) groups is 1. The number of aromatic amines is 1. The maximum atomic E-state index is 10.9. The molecule has 0 spiro atoms. The lowest BCUT2D eigenvalue weighted by Crippen LogP contribution is -1.98. The predicted molar refractivity (Wildman–Crippen MR) is 87.5 cm³/mol. The first kappa shape index (κ1) is 14.9. The molecule has 2 N–H and O–H groups in total. The van der Waals surface area contributed by atoms with Crippen molar-refractivity contribution in [3.05, 3.63) is 52.3 Å². The fraction of sp³-hybridized carbons (Fsp3) is 0.125. The van der Waals surface area contributed by atoms with Gasteiger partial charge in [0.1, 0.15) is 5.15 Å². The van der Waals surface area contributed by atoms with Crippen LogP contribution in [0.3, 0.4) is 0 Å². The van der Waals surface area contributed by atoms with E-state index in [1.165, 1.54) is 0 Å². The lowest BCUT2D eigenvalue weighted by atomic mass is 10.0. The number of hydrogen-bond donors (Lipinski definition) is 2. The van der Waals surface area contributed by atoms with Gasteiger partial charge in [-0.3, -0.25) is 4.79 Å². The molecule has 4 nitrogen and oxygen atoms in total. The summed E-state index contributed by atoms with van der Waals surface area (Å²) >= 11 is 11.9. The number of hydrogen-bond acceptors (Lipinski definition) is 2. The predicted octanol–water partition coefficient (Wildman–Crippen LogP) is 4.55. The Labute approximate surface area is 136 Å². The summed E-state index contributed by atoms with van der Waals surface area (Å²) in [6.45, 7) is 0. The molecule has 3 rings (SSSR count). The Balaban J connectivity index is 2.16. The van der Waals surface area contributed by atoms with Crippen molar-refractivity contribution < 1.29 is 9.90 Å². The number of carboxylic acid groups (broad SMARTS) is 1. The first-order chi connectivity index (χ1) is 10.5. The van der Waals surface area contributed by atoms with Gasteiger partial charge in [-0.1, -0.05) is 35.3 Å². The van der Waals surface area contributed by atoms with Crippen molar-refractivity contribution in [1.82, 2.24) is 9.97 Å². The first-order valence-electron chi connectivity index (χ1n) is 6.68. The molecule has 0 saturated heterocycles. The standard InChI is InChI=1S/C16H12Cl2N2O2/c17-10-3-1-9(2-4-10)16-11(5-6-15(21)22)12-7-14(18)19-8-13(12)20-16/h1-4,7-8,20H,5-6H2,(H,21,22). The fourth-order valence-electron chi connectivity index (χ4n) is 2.48. The van der Waals surface area contributed by atoms with Gasteiger partial charge in [-0.2, -0.15) is 0 Å². The number of pyridine rings is 1. The van der Waals surface area contributed by atoms with Crippen LogP contribution in [0, 0.1) is 0 Å². The van der Waals surface area contributed by atoms with E-state index in [9.17, 15) is 4.79 Å². The number of nitrogens with one attached hydrogen (secondary N) is 1. The van der Waals surface area contributed by atoms with Gasteiger partial charge in [0.2, 0.25) is 0 Å². The van der Waals surface area contributed by atoms with Gasteiger partial charge in [0.05, 0.1) is 11.7 Å². The van der Waals surface area contributed by atoms with Crippen molar-refractivity contribution in [2.45, 2.75) is 12.8 Å². The monoisotopic (exact) mass is 334 g/mol. The number of aliphatic carboxylic acids is 1. The SMILES string of the molecule is O=C(O)CCc1c(-c2ccc(Cl)cc2)[nH]c2cnc(Cl)cc12. The minimum absolute atomic E-state index is 0.0491. The van der Waals surface area contributed by atoms with Crippen LogP contribution in [0.2, 0.25) is 10.2 Å². The molecule has 6 heteroatoms. The van der Waals surface area contributed by atoms with Crippen molar-refractivity contribution >= 4 is 40.1 Å². The number of nitrogens with zero attached hydrogens (tertiary/aromatic N) is 1. The average molecular weight is 335 g/mol. The second-order valence-electron chi connectivity index (χ2n) is 4.93. The van der Waals surface area contributed by atoms with Crippen LogP contribution >= 0.6 is 23.2 Å². The maximum Gasteiger partial charge on any atom is 0.303 e. The van der Waals surface area contributed by atoms with Crippen molar-refractivity contribution in [2.75, 3.05) is 0 Å². The Morgan fingerprint density at radius 2 is 1.95 bits per heavy atom. The molecule has 0 atom stereocenters. The highest BCUT2D eigenvalue weighted by molar-refractivity contribution is 6.30. The van der Waals surface area contributed by atoms with Crippen LogP contribution in [0.25, 0.3) is 22.2 Å². The molecule has 2 heterocycles. The number of halogens is 2. The third-order valence-electron chi connectivity index (χ3n) is 3.48. The van der Waals surface area contributed by atoms with Crippen LogP contribution in [0.5, 0.6) is 0 Å². The molecule has 2 aromatic heterocycles. The number of benzene rings is 1. The summed E-state index contributed by atoms with van der Waals surface area (Å²) in [6, 6.07) is 9.14. The molecule has 0 saturated carbocycles.